The Bertz CT molecular complexity index is 798. The van der Waals surface area contributed by atoms with Gasteiger partial charge >= 0.3 is 0 Å². The number of pyridine rings is 1. The predicted octanol–water partition coefficient (Wildman–Crippen LogP) is 4.05. The number of nitrogens with one attached hydrogen (secondary N) is 1. The molecular formula is C20H24N2O3. The zero-order valence-corrected chi connectivity index (χ0v) is 15.3. The van der Waals surface area contributed by atoms with Crippen LogP contribution in [0, 0.1) is 12.8 Å². The van der Waals surface area contributed by atoms with Gasteiger partial charge in [-0.3, -0.25) is 9.59 Å². The SMILES string of the molecule is CCc1cccc(NC(=O)c2ccnc(OC)c2C)c1C(=O)C(C)C. The maximum Gasteiger partial charge on any atom is 0.256 e. The van der Waals surface area contributed by atoms with E-state index < -0.39 is 0 Å². The van der Waals surface area contributed by atoms with Gasteiger partial charge in [-0.1, -0.05) is 32.9 Å². The van der Waals surface area contributed by atoms with Gasteiger partial charge in [-0.2, -0.15) is 0 Å². The van der Waals surface area contributed by atoms with Crippen molar-refractivity contribution < 1.29 is 14.3 Å². The standard InChI is InChI=1S/C20H24N2O3/c1-6-14-8-7-9-16(17(14)18(23)12(2)3)22-19(24)15-10-11-21-20(25-5)13(15)4/h7-12H,6H2,1-5H3,(H,22,24). The fraction of sp³-hybridized carbons (Fsp3) is 0.350. The van der Waals surface area contributed by atoms with Crippen LogP contribution in [0.1, 0.15) is 52.6 Å². The van der Waals surface area contributed by atoms with Crippen molar-refractivity contribution in [2.75, 3.05) is 12.4 Å². The third-order valence-corrected chi connectivity index (χ3v) is 4.15. The van der Waals surface area contributed by atoms with Crippen molar-refractivity contribution in [2.24, 2.45) is 5.92 Å². The molecule has 2 rings (SSSR count). The number of rotatable bonds is 6. The molecule has 1 aromatic heterocycles. The van der Waals surface area contributed by atoms with Gasteiger partial charge in [0.1, 0.15) is 0 Å². The van der Waals surface area contributed by atoms with Crippen molar-refractivity contribution in [3.05, 3.63) is 52.7 Å². The molecule has 1 N–H and O–H groups in total. The Labute approximate surface area is 148 Å². The van der Waals surface area contributed by atoms with Crippen LogP contribution in [0.15, 0.2) is 30.5 Å². The number of anilines is 1. The van der Waals surface area contributed by atoms with E-state index in [1.807, 2.05) is 32.9 Å². The summed E-state index contributed by atoms with van der Waals surface area (Å²) in [5.74, 6) is 0.000543. The summed E-state index contributed by atoms with van der Waals surface area (Å²) >= 11 is 0. The molecule has 2 aromatic rings. The molecule has 0 aliphatic rings. The van der Waals surface area contributed by atoms with E-state index in [2.05, 4.69) is 10.3 Å². The number of Topliss-reactive ketones (excluding diaryl/α,β-unsaturated/α-hetero) is 1. The average Bonchev–Trinajstić information content (AvgIpc) is 2.60. The van der Waals surface area contributed by atoms with Gasteiger partial charge in [0, 0.05) is 28.8 Å². The summed E-state index contributed by atoms with van der Waals surface area (Å²) in [6.45, 7) is 7.50. The number of amides is 1. The van der Waals surface area contributed by atoms with Crippen LogP contribution in [-0.4, -0.2) is 23.8 Å². The van der Waals surface area contributed by atoms with Crippen molar-refractivity contribution in [1.29, 1.82) is 0 Å². The van der Waals surface area contributed by atoms with Gasteiger partial charge < -0.3 is 10.1 Å². The minimum atomic E-state index is -0.288. The summed E-state index contributed by atoms with van der Waals surface area (Å²) in [6, 6.07) is 7.18. The quantitative estimate of drug-likeness (QED) is 0.806. The van der Waals surface area contributed by atoms with Crippen molar-refractivity contribution in [2.45, 2.75) is 34.1 Å². The number of hydrogen-bond donors (Lipinski definition) is 1. The normalized spacial score (nSPS) is 10.6. The fourth-order valence-electron chi connectivity index (χ4n) is 2.74. The first-order valence-corrected chi connectivity index (χ1v) is 8.37. The highest BCUT2D eigenvalue weighted by molar-refractivity contribution is 6.11. The van der Waals surface area contributed by atoms with Gasteiger partial charge in [0.05, 0.1) is 12.8 Å². The third-order valence-electron chi connectivity index (χ3n) is 4.15. The number of ether oxygens (including phenoxy) is 1. The number of ketones is 1. The number of carbonyl (C=O) groups is 2. The highest BCUT2D eigenvalue weighted by Crippen LogP contribution is 2.26. The Hall–Kier alpha value is -2.69. The molecule has 1 amide bonds. The summed E-state index contributed by atoms with van der Waals surface area (Å²) in [6.07, 6.45) is 2.25. The summed E-state index contributed by atoms with van der Waals surface area (Å²) in [5.41, 5.74) is 3.19. The van der Waals surface area contributed by atoms with Crippen LogP contribution in [-0.2, 0) is 6.42 Å². The Morgan fingerprint density at radius 3 is 2.56 bits per heavy atom. The number of aryl methyl sites for hydroxylation is 1. The lowest BCUT2D eigenvalue weighted by Gasteiger charge is -2.16. The monoisotopic (exact) mass is 340 g/mol. The van der Waals surface area contributed by atoms with E-state index in [1.165, 1.54) is 13.3 Å². The minimum Gasteiger partial charge on any atom is -0.481 e. The molecule has 0 aliphatic carbocycles. The van der Waals surface area contributed by atoms with Crippen molar-refractivity contribution >= 4 is 17.4 Å². The second-order valence-corrected chi connectivity index (χ2v) is 6.16. The van der Waals surface area contributed by atoms with E-state index in [0.29, 0.717) is 28.3 Å². The molecule has 5 nitrogen and oxygen atoms in total. The van der Waals surface area contributed by atoms with Crippen LogP contribution in [0.4, 0.5) is 5.69 Å². The topological polar surface area (TPSA) is 68.3 Å². The number of nitrogens with zero attached hydrogens (tertiary/aromatic N) is 1. The summed E-state index contributed by atoms with van der Waals surface area (Å²) in [4.78, 5) is 29.5. The van der Waals surface area contributed by atoms with Crippen molar-refractivity contribution in [1.82, 2.24) is 4.98 Å². The first-order valence-electron chi connectivity index (χ1n) is 8.37. The summed E-state index contributed by atoms with van der Waals surface area (Å²) in [5, 5.41) is 2.89. The van der Waals surface area contributed by atoms with E-state index in [-0.39, 0.29) is 17.6 Å². The maximum absolute atomic E-state index is 12.7. The lowest BCUT2D eigenvalue weighted by Crippen LogP contribution is -2.19. The van der Waals surface area contributed by atoms with Gasteiger partial charge in [0.15, 0.2) is 5.78 Å². The van der Waals surface area contributed by atoms with E-state index in [9.17, 15) is 9.59 Å². The fourth-order valence-corrected chi connectivity index (χ4v) is 2.74. The molecule has 1 aromatic carbocycles. The van der Waals surface area contributed by atoms with Crippen LogP contribution in [0.25, 0.3) is 0 Å². The number of hydrogen-bond acceptors (Lipinski definition) is 4. The molecule has 5 heteroatoms. The van der Waals surface area contributed by atoms with E-state index in [4.69, 9.17) is 4.74 Å². The molecular weight excluding hydrogens is 316 g/mol. The zero-order valence-electron chi connectivity index (χ0n) is 15.3. The lowest BCUT2D eigenvalue weighted by atomic mass is 9.93. The molecule has 0 unspecified atom stereocenters. The zero-order chi connectivity index (χ0) is 18.6. The molecule has 25 heavy (non-hydrogen) atoms. The van der Waals surface area contributed by atoms with Gasteiger partial charge in [-0.25, -0.2) is 4.98 Å². The predicted molar refractivity (Wildman–Crippen MR) is 98.5 cm³/mol. The van der Waals surface area contributed by atoms with Crippen molar-refractivity contribution in [3.63, 3.8) is 0 Å². The van der Waals surface area contributed by atoms with Crippen LogP contribution < -0.4 is 10.1 Å². The maximum atomic E-state index is 12.7. The molecule has 0 saturated carbocycles. The second-order valence-electron chi connectivity index (χ2n) is 6.16. The Morgan fingerprint density at radius 2 is 1.96 bits per heavy atom. The lowest BCUT2D eigenvalue weighted by molar-refractivity contribution is 0.0939. The molecule has 0 aliphatic heterocycles. The highest BCUT2D eigenvalue weighted by atomic mass is 16.5. The van der Waals surface area contributed by atoms with Crippen molar-refractivity contribution in [3.8, 4) is 5.88 Å². The highest BCUT2D eigenvalue weighted by Gasteiger charge is 2.21. The minimum absolute atomic E-state index is 0.0248. The number of benzene rings is 1. The molecule has 0 saturated heterocycles. The largest absolute Gasteiger partial charge is 0.481 e. The third kappa shape index (κ3) is 3.87. The molecule has 0 spiro atoms. The van der Waals surface area contributed by atoms with Gasteiger partial charge in [-0.05, 0) is 31.0 Å². The first kappa shape index (κ1) is 18.6. The van der Waals surface area contributed by atoms with Gasteiger partial charge in [0.25, 0.3) is 5.91 Å². The van der Waals surface area contributed by atoms with Crippen LogP contribution in [0.3, 0.4) is 0 Å². The summed E-state index contributed by atoms with van der Waals surface area (Å²) < 4.78 is 5.17. The Morgan fingerprint density at radius 1 is 1.24 bits per heavy atom. The number of methoxy groups -OCH3 is 1. The first-order chi connectivity index (χ1) is 11.9. The molecule has 0 bridgehead atoms. The smallest absolute Gasteiger partial charge is 0.256 e. The van der Waals surface area contributed by atoms with Crippen LogP contribution in [0.5, 0.6) is 5.88 Å². The molecule has 132 valence electrons. The molecule has 0 fully saturated rings. The number of carbonyl (C=O) groups excluding carboxylic acids is 2. The average molecular weight is 340 g/mol. The van der Waals surface area contributed by atoms with Gasteiger partial charge in [-0.15, -0.1) is 0 Å². The molecule has 0 atom stereocenters. The van der Waals surface area contributed by atoms with E-state index in [0.717, 1.165) is 12.0 Å². The number of aromatic nitrogens is 1. The Kier molecular flexibility index (Phi) is 5.91. The molecule has 1 heterocycles. The summed E-state index contributed by atoms with van der Waals surface area (Å²) in [7, 11) is 1.52. The van der Waals surface area contributed by atoms with E-state index >= 15 is 0 Å². The molecule has 0 radical (unpaired) electrons. The second kappa shape index (κ2) is 7.92. The van der Waals surface area contributed by atoms with E-state index in [1.54, 1.807) is 19.1 Å². The van der Waals surface area contributed by atoms with Gasteiger partial charge in [0.2, 0.25) is 5.88 Å². The van der Waals surface area contributed by atoms with Crippen LogP contribution in [0.2, 0.25) is 0 Å². The Balaban J connectivity index is 2.44. The van der Waals surface area contributed by atoms with Crippen LogP contribution >= 0.6 is 0 Å².